The molecule has 0 saturated carbocycles. The number of amides is 2. The minimum absolute atomic E-state index is 0.0506. The molecule has 2 aliphatic heterocycles. The van der Waals surface area contributed by atoms with Crippen LogP contribution in [0.2, 0.25) is 0 Å². The summed E-state index contributed by atoms with van der Waals surface area (Å²) in [5.41, 5.74) is 3.31. The van der Waals surface area contributed by atoms with Gasteiger partial charge in [-0.2, -0.15) is 0 Å². The van der Waals surface area contributed by atoms with Gasteiger partial charge in [0.25, 0.3) is 0 Å². The molecule has 2 aliphatic rings. The van der Waals surface area contributed by atoms with E-state index in [2.05, 4.69) is 13.2 Å². The third kappa shape index (κ3) is 8.66. The fourth-order valence-electron chi connectivity index (χ4n) is 6.38. The van der Waals surface area contributed by atoms with Crippen LogP contribution in [0.3, 0.4) is 0 Å². The van der Waals surface area contributed by atoms with E-state index < -0.39 is 5.92 Å². The number of nitrogens with zero attached hydrogens (tertiary/aromatic N) is 2. The smallest absolute Gasteiger partial charge is 0.309 e. The second kappa shape index (κ2) is 16.2. The predicted molar refractivity (Wildman–Crippen MR) is 168 cm³/mol. The van der Waals surface area contributed by atoms with Crippen molar-refractivity contribution in [2.24, 2.45) is 11.8 Å². The second-order valence-corrected chi connectivity index (χ2v) is 11.8. The highest BCUT2D eigenvalue weighted by atomic mass is 16.5. The van der Waals surface area contributed by atoms with Crippen LogP contribution in [0.25, 0.3) is 0 Å². The van der Waals surface area contributed by atoms with E-state index in [4.69, 9.17) is 4.74 Å². The first-order valence-electron chi connectivity index (χ1n) is 15.6. The summed E-state index contributed by atoms with van der Waals surface area (Å²) in [5, 5.41) is 10.0. The van der Waals surface area contributed by atoms with Crippen LogP contribution in [0.15, 0.2) is 79.9 Å². The summed E-state index contributed by atoms with van der Waals surface area (Å²) in [6.45, 7) is 8.66. The second-order valence-electron chi connectivity index (χ2n) is 11.8. The van der Waals surface area contributed by atoms with Gasteiger partial charge in [-0.15, -0.1) is 13.2 Å². The van der Waals surface area contributed by atoms with E-state index >= 15 is 0 Å². The predicted octanol–water partition coefficient (Wildman–Crippen LogP) is 5.26. The van der Waals surface area contributed by atoms with Crippen LogP contribution in [0, 0.1) is 11.8 Å². The van der Waals surface area contributed by atoms with Crippen LogP contribution in [0.1, 0.15) is 61.6 Å². The Morgan fingerprint density at radius 1 is 0.953 bits per heavy atom. The number of carbonyl (C=O) groups is 3. The van der Waals surface area contributed by atoms with Crippen molar-refractivity contribution in [1.82, 2.24) is 9.80 Å². The van der Waals surface area contributed by atoms with Gasteiger partial charge in [0, 0.05) is 19.5 Å². The number of allylic oxidation sites excluding steroid dienone is 2. The molecule has 43 heavy (non-hydrogen) atoms. The molecule has 7 nitrogen and oxygen atoms in total. The molecule has 4 atom stereocenters. The fraction of sp³-hybridized carbons (Fsp3) is 0.472. The number of unbranched alkanes of at least 4 members (excludes halogenated alkanes) is 1. The Labute approximate surface area is 256 Å². The van der Waals surface area contributed by atoms with E-state index in [1.807, 2.05) is 60.7 Å². The van der Waals surface area contributed by atoms with Gasteiger partial charge in [-0.05, 0) is 68.1 Å². The van der Waals surface area contributed by atoms with E-state index in [1.54, 1.807) is 15.9 Å². The van der Waals surface area contributed by atoms with Gasteiger partial charge in [0.1, 0.15) is 6.61 Å². The molecule has 2 amide bonds. The van der Waals surface area contributed by atoms with Crippen molar-refractivity contribution in [2.75, 3.05) is 19.8 Å². The number of hydrogen-bond donors (Lipinski definition) is 1. The molecule has 0 spiro atoms. The summed E-state index contributed by atoms with van der Waals surface area (Å²) in [7, 11) is 0. The number of benzene rings is 2. The highest BCUT2D eigenvalue weighted by Crippen LogP contribution is 2.28. The molecular weight excluding hydrogens is 540 g/mol. The zero-order valence-corrected chi connectivity index (χ0v) is 25.2. The van der Waals surface area contributed by atoms with E-state index in [9.17, 15) is 19.5 Å². The molecule has 1 saturated heterocycles. The Kier molecular flexibility index (Phi) is 12.2. The molecule has 2 heterocycles. The maximum Gasteiger partial charge on any atom is 0.309 e. The van der Waals surface area contributed by atoms with Gasteiger partial charge in [0.05, 0.1) is 30.5 Å². The van der Waals surface area contributed by atoms with Crippen molar-refractivity contribution in [3.63, 3.8) is 0 Å². The number of fused-ring (bicyclic) bond motifs is 1. The standard InChI is InChI=1S/C36H46N2O5/c1-3-5-7-17-30(21-27-14-8-6-9-15-27)36(42)43-26-32-19-12-20-37(32)35(41)29(13-4-2)23-34(40)38-24-31-18-11-10-16-28(31)22-33(38)25-39/h3-4,6,8-11,14-16,18,29-30,32-33,39H,1-2,5,7,12-13,17,19-26H2. The van der Waals surface area contributed by atoms with Gasteiger partial charge < -0.3 is 19.6 Å². The molecule has 1 fully saturated rings. The Bertz CT molecular complexity index is 1250. The van der Waals surface area contributed by atoms with Crippen molar-refractivity contribution < 1.29 is 24.2 Å². The lowest BCUT2D eigenvalue weighted by atomic mass is 9.92. The number of aliphatic hydroxyl groups is 1. The summed E-state index contributed by atoms with van der Waals surface area (Å²) in [5.74, 6) is -1.28. The summed E-state index contributed by atoms with van der Waals surface area (Å²) in [6.07, 6.45) is 9.19. The number of esters is 1. The molecule has 4 unspecified atom stereocenters. The van der Waals surface area contributed by atoms with Gasteiger partial charge >= 0.3 is 5.97 Å². The lowest BCUT2D eigenvalue weighted by Gasteiger charge is -2.37. The molecule has 0 bridgehead atoms. The van der Waals surface area contributed by atoms with Crippen molar-refractivity contribution in [1.29, 1.82) is 0 Å². The first-order chi connectivity index (χ1) is 20.9. The molecule has 2 aromatic rings. The van der Waals surface area contributed by atoms with Crippen molar-refractivity contribution in [3.05, 3.63) is 96.6 Å². The highest BCUT2D eigenvalue weighted by Gasteiger charge is 2.37. The quantitative estimate of drug-likeness (QED) is 0.175. The fourth-order valence-corrected chi connectivity index (χ4v) is 6.38. The van der Waals surface area contributed by atoms with Crippen LogP contribution >= 0.6 is 0 Å². The third-order valence-corrected chi connectivity index (χ3v) is 8.81. The van der Waals surface area contributed by atoms with Crippen molar-refractivity contribution in [2.45, 2.75) is 76.4 Å². The average molecular weight is 587 g/mol. The topological polar surface area (TPSA) is 87.2 Å². The van der Waals surface area contributed by atoms with Gasteiger partial charge in [-0.25, -0.2) is 0 Å². The van der Waals surface area contributed by atoms with Crippen LogP contribution < -0.4 is 0 Å². The normalized spacial score (nSPS) is 19.3. The number of carbonyl (C=O) groups excluding carboxylic acids is 3. The van der Waals surface area contributed by atoms with E-state index in [-0.39, 0.29) is 55.4 Å². The third-order valence-electron chi connectivity index (χ3n) is 8.81. The maximum absolute atomic E-state index is 13.8. The molecule has 0 radical (unpaired) electrons. The van der Waals surface area contributed by atoms with Crippen LogP contribution in [0.4, 0.5) is 0 Å². The van der Waals surface area contributed by atoms with Crippen LogP contribution in [0.5, 0.6) is 0 Å². The van der Waals surface area contributed by atoms with Gasteiger partial charge in [0.15, 0.2) is 0 Å². The number of likely N-dealkylation sites (tertiary alicyclic amines) is 1. The van der Waals surface area contributed by atoms with Gasteiger partial charge in [0.2, 0.25) is 11.8 Å². The summed E-state index contributed by atoms with van der Waals surface area (Å²) in [4.78, 5) is 44.1. The number of rotatable bonds is 15. The minimum Gasteiger partial charge on any atom is -0.463 e. The molecule has 7 heteroatoms. The van der Waals surface area contributed by atoms with Gasteiger partial charge in [-0.3, -0.25) is 14.4 Å². The zero-order valence-electron chi connectivity index (χ0n) is 25.2. The number of hydrogen-bond acceptors (Lipinski definition) is 5. The lowest BCUT2D eigenvalue weighted by molar-refractivity contribution is -0.153. The van der Waals surface area contributed by atoms with Crippen LogP contribution in [-0.4, -0.2) is 64.5 Å². The monoisotopic (exact) mass is 586 g/mol. The van der Waals surface area contributed by atoms with E-state index in [1.165, 1.54) is 0 Å². The Morgan fingerprint density at radius 2 is 1.70 bits per heavy atom. The molecule has 0 aliphatic carbocycles. The Balaban J connectivity index is 1.38. The summed E-state index contributed by atoms with van der Waals surface area (Å²) < 4.78 is 5.87. The molecule has 2 aromatic carbocycles. The van der Waals surface area contributed by atoms with E-state index in [0.29, 0.717) is 38.8 Å². The lowest BCUT2D eigenvalue weighted by Crippen LogP contribution is -2.48. The number of ether oxygens (including phenoxy) is 1. The first kappa shape index (κ1) is 32.2. The molecule has 4 rings (SSSR count). The summed E-state index contributed by atoms with van der Waals surface area (Å²) in [6, 6.07) is 17.4. The number of aliphatic hydroxyl groups excluding tert-OH is 1. The van der Waals surface area contributed by atoms with E-state index in [0.717, 1.165) is 42.4 Å². The average Bonchev–Trinajstić information content (AvgIpc) is 3.51. The largest absolute Gasteiger partial charge is 0.463 e. The molecule has 230 valence electrons. The zero-order chi connectivity index (χ0) is 30.6. The molecule has 1 N–H and O–H groups in total. The maximum atomic E-state index is 13.8. The Morgan fingerprint density at radius 3 is 2.42 bits per heavy atom. The SMILES string of the molecule is C=CCCCC(Cc1ccccc1)C(=O)OCC1CCCN1C(=O)C(CC=C)CC(=O)N1Cc2ccccc2CC1CO. The molecular formula is C36H46N2O5. The minimum atomic E-state index is -0.553. The highest BCUT2D eigenvalue weighted by molar-refractivity contribution is 5.86. The first-order valence-corrected chi connectivity index (χ1v) is 15.6. The Hall–Kier alpha value is -3.71. The van der Waals surface area contributed by atoms with Crippen molar-refractivity contribution >= 4 is 17.8 Å². The summed E-state index contributed by atoms with van der Waals surface area (Å²) >= 11 is 0. The van der Waals surface area contributed by atoms with Crippen LogP contribution in [-0.2, 0) is 38.5 Å². The van der Waals surface area contributed by atoms with Gasteiger partial charge in [-0.1, -0.05) is 66.7 Å². The molecule has 0 aromatic heterocycles. The van der Waals surface area contributed by atoms with Crippen molar-refractivity contribution in [3.8, 4) is 0 Å².